The molecule has 0 radical (unpaired) electrons. The van der Waals surface area contributed by atoms with Crippen molar-refractivity contribution in [1.29, 1.82) is 0 Å². The zero-order valence-corrected chi connectivity index (χ0v) is 13.1. The van der Waals surface area contributed by atoms with Crippen LogP contribution in [0.25, 0.3) is 10.9 Å². The Labute approximate surface area is 130 Å². The van der Waals surface area contributed by atoms with Gasteiger partial charge in [-0.05, 0) is 57.1 Å². The topological polar surface area (TPSA) is 71.2 Å². The van der Waals surface area contributed by atoms with Crippen molar-refractivity contribution in [2.75, 3.05) is 13.6 Å². The molecular formula is C17H22N2O3. The van der Waals surface area contributed by atoms with Gasteiger partial charge in [-0.2, -0.15) is 0 Å². The van der Waals surface area contributed by atoms with E-state index in [0.717, 1.165) is 23.9 Å². The Morgan fingerprint density at radius 1 is 1.27 bits per heavy atom. The normalized spacial score (nSPS) is 10.8. The number of aromatic nitrogens is 1. The molecule has 5 heteroatoms. The summed E-state index contributed by atoms with van der Waals surface area (Å²) in [5.74, 6) is 0.342. The number of likely N-dealkylation sites (N-methyl/N-ethyl adjacent to an activating group) is 1. The predicted octanol–water partition coefficient (Wildman–Crippen LogP) is 2.59. The van der Waals surface area contributed by atoms with E-state index in [0.29, 0.717) is 18.6 Å². The quantitative estimate of drug-likeness (QED) is 0.581. The summed E-state index contributed by atoms with van der Waals surface area (Å²) in [5.41, 5.74) is 2.22. The predicted molar refractivity (Wildman–Crippen MR) is 86.1 cm³/mol. The van der Waals surface area contributed by atoms with E-state index in [1.165, 1.54) is 12.5 Å². The molecule has 0 fully saturated rings. The number of hydrogen-bond donors (Lipinski definition) is 2. The summed E-state index contributed by atoms with van der Waals surface area (Å²) in [4.78, 5) is 25.9. The second-order valence-electron chi connectivity index (χ2n) is 5.40. The van der Waals surface area contributed by atoms with Crippen LogP contribution in [0.15, 0.2) is 24.4 Å². The Kier molecular flexibility index (Phi) is 5.72. The van der Waals surface area contributed by atoms with Crippen LogP contribution in [0.4, 0.5) is 0 Å². The third-order valence-corrected chi connectivity index (χ3v) is 3.52. The second kappa shape index (κ2) is 7.75. The van der Waals surface area contributed by atoms with Crippen LogP contribution in [-0.2, 0) is 16.0 Å². The summed E-state index contributed by atoms with van der Waals surface area (Å²) in [6.07, 6.45) is 4.11. The number of ether oxygens (including phenoxy) is 1. The maximum absolute atomic E-state index is 11.8. The van der Waals surface area contributed by atoms with E-state index in [1.807, 2.05) is 25.4 Å². The molecule has 2 rings (SSSR count). The third kappa shape index (κ3) is 4.43. The average Bonchev–Trinajstić information content (AvgIpc) is 2.87. The molecule has 22 heavy (non-hydrogen) atoms. The number of benzene rings is 1. The first-order valence-electron chi connectivity index (χ1n) is 7.55. The lowest BCUT2D eigenvalue weighted by Gasteiger charge is -2.05. The zero-order chi connectivity index (χ0) is 15.9. The maximum atomic E-state index is 11.8. The van der Waals surface area contributed by atoms with Crippen LogP contribution in [0.1, 0.15) is 31.7 Å². The fraction of sp³-hybridized carbons (Fsp3) is 0.412. The molecule has 0 aliphatic rings. The molecule has 1 aromatic carbocycles. The Bertz CT molecular complexity index is 661. The van der Waals surface area contributed by atoms with Gasteiger partial charge in [0, 0.05) is 29.9 Å². The van der Waals surface area contributed by atoms with Gasteiger partial charge >= 0.3 is 5.97 Å². The van der Waals surface area contributed by atoms with Crippen molar-refractivity contribution in [3.63, 3.8) is 0 Å². The Hall–Kier alpha value is -2.14. The molecule has 5 nitrogen and oxygen atoms in total. The summed E-state index contributed by atoms with van der Waals surface area (Å²) in [6, 6.07) is 5.58. The van der Waals surface area contributed by atoms with Crippen LogP contribution < -0.4 is 10.1 Å². The summed E-state index contributed by atoms with van der Waals surface area (Å²) in [5, 5.41) is 4.20. The van der Waals surface area contributed by atoms with Crippen molar-refractivity contribution >= 4 is 22.7 Å². The SMILES string of the molecule is CNCCc1c[nH]c2ccc(OC(=O)CCCC(C)=O)cc12. The van der Waals surface area contributed by atoms with Crippen LogP contribution in [-0.4, -0.2) is 30.3 Å². The number of nitrogens with one attached hydrogen (secondary N) is 2. The van der Waals surface area contributed by atoms with Crippen molar-refractivity contribution in [2.24, 2.45) is 0 Å². The molecule has 0 atom stereocenters. The fourth-order valence-electron chi connectivity index (χ4n) is 2.35. The van der Waals surface area contributed by atoms with Crippen LogP contribution >= 0.6 is 0 Å². The average molecular weight is 302 g/mol. The molecule has 0 amide bonds. The second-order valence-corrected chi connectivity index (χ2v) is 5.40. The Morgan fingerprint density at radius 2 is 2.09 bits per heavy atom. The molecular weight excluding hydrogens is 280 g/mol. The standard InChI is InChI=1S/C17H22N2O3/c1-12(20)4-3-5-17(21)22-14-6-7-16-15(10-14)13(11-19-16)8-9-18-2/h6-7,10-11,18-19H,3-5,8-9H2,1-2H3. The highest BCUT2D eigenvalue weighted by molar-refractivity contribution is 5.85. The molecule has 0 bridgehead atoms. The summed E-state index contributed by atoms with van der Waals surface area (Å²) in [7, 11) is 1.92. The molecule has 0 spiro atoms. The fourth-order valence-corrected chi connectivity index (χ4v) is 2.35. The summed E-state index contributed by atoms with van der Waals surface area (Å²) in [6.45, 7) is 2.42. The smallest absolute Gasteiger partial charge is 0.311 e. The monoisotopic (exact) mass is 302 g/mol. The molecule has 0 saturated carbocycles. The molecule has 1 heterocycles. The van der Waals surface area contributed by atoms with Crippen LogP contribution in [0, 0.1) is 0 Å². The van der Waals surface area contributed by atoms with Crippen molar-refractivity contribution in [2.45, 2.75) is 32.6 Å². The molecule has 118 valence electrons. The number of carbonyl (C=O) groups excluding carboxylic acids is 2. The highest BCUT2D eigenvalue weighted by atomic mass is 16.5. The third-order valence-electron chi connectivity index (χ3n) is 3.52. The number of hydrogen-bond acceptors (Lipinski definition) is 4. The van der Waals surface area contributed by atoms with E-state index in [4.69, 9.17) is 4.74 Å². The molecule has 0 saturated heterocycles. The lowest BCUT2D eigenvalue weighted by Crippen LogP contribution is -2.10. The van der Waals surface area contributed by atoms with Gasteiger partial charge in [0.1, 0.15) is 11.5 Å². The first-order valence-corrected chi connectivity index (χ1v) is 7.55. The van der Waals surface area contributed by atoms with Crippen LogP contribution in [0.3, 0.4) is 0 Å². The van der Waals surface area contributed by atoms with E-state index in [2.05, 4.69) is 10.3 Å². The molecule has 0 unspecified atom stereocenters. The lowest BCUT2D eigenvalue weighted by atomic mass is 10.1. The number of esters is 1. The first kappa shape index (κ1) is 16.2. The van der Waals surface area contributed by atoms with Crippen molar-refractivity contribution in [3.05, 3.63) is 30.0 Å². The minimum atomic E-state index is -0.298. The number of rotatable bonds is 8. The van der Waals surface area contributed by atoms with E-state index in [9.17, 15) is 9.59 Å². The first-order chi connectivity index (χ1) is 10.6. The van der Waals surface area contributed by atoms with Gasteiger partial charge in [0.25, 0.3) is 0 Å². The highest BCUT2D eigenvalue weighted by Crippen LogP contribution is 2.24. The molecule has 0 aliphatic heterocycles. The van der Waals surface area contributed by atoms with Gasteiger partial charge in [-0.1, -0.05) is 0 Å². The van der Waals surface area contributed by atoms with Crippen LogP contribution in [0.2, 0.25) is 0 Å². The zero-order valence-electron chi connectivity index (χ0n) is 13.1. The van der Waals surface area contributed by atoms with Gasteiger partial charge in [0.05, 0.1) is 0 Å². The van der Waals surface area contributed by atoms with Gasteiger partial charge in [0.2, 0.25) is 0 Å². The summed E-state index contributed by atoms with van der Waals surface area (Å²) < 4.78 is 5.35. The van der Waals surface area contributed by atoms with Gasteiger partial charge in [-0.25, -0.2) is 0 Å². The molecule has 2 aromatic rings. The molecule has 2 N–H and O–H groups in total. The number of fused-ring (bicyclic) bond motifs is 1. The van der Waals surface area contributed by atoms with Crippen LogP contribution in [0.5, 0.6) is 5.75 Å². The Balaban J connectivity index is 2.01. The Morgan fingerprint density at radius 3 is 2.82 bits per heavy atom. The van der Waals surface area contributed by atoms with E-state index in [-0.39, 0.29) is 18.2 Å². The maximum Gasteiger partial charge on any atom is 0.311 e. The number of ketones is 1. The number of Topliss-reactive ketones (excluding diaryl/α,β-unsaturated/α-hetero) is 1. The highest BCUT2D eigenvalue weighted by Gasteiger charge is 2.09. The summed E-state index contributed by atoms with van der Waals surface area (Å²) >= 11 is 0. The van der Waals surface area contributed by atoms with E-state index in [1.54, 1.807) is 6.07 Å². The van der Waals surface area contributed by atoms with Gasteiger partial charge < -0.3 is 19.8 Å². The minimum absolute atomic E-state index is 0.0933. The number of H-pyrrole nitrogens is 1. The lowest BCUT2D eigenvalue weighted by molar-refractivity contribution is -0.134. The van der Waals surface area contributed by atoms with E-state index < -0.39 is 0 Å². The van der Waals surface area contributed by atoms with Gasteiger partial charge in [-0.3, -0.25) is 4.79 Å². The van der Waals surface area contributed by atoms with Crippen molar-refractivity contribution < 1.29 is 14.3 Å². The number of aromatic amines is 1. The van der Waals surface area contributed by atoms with Crippen molar-refractivity contribution in [3.8, 4) is 5.75 Å². The van der Waals surface area contributed by atoms with Gasteiger partial charge in [0.15, 0.2) is 0 Å². The van der Waals surface area contributed by atoms with E-state index >= 15 is 0 Å². The number of carbonyl (C=O) groups is 2. The largest absolute Gasteiger partial charge is 0.427 e. The minimum Gasteiger partial charge on any atom is -0.427 e. The molecule has 0 aliphatic carbocycles. The van der Waals surface area contributed by atoms with Crippen molar-refractivity contribution in [1.82, 2.24) is 10.3 Å². The van der Waals surface area contributed by atoms with Gasteiger partial charge in [-0.15, -0.1) is 0 Å². The molecule has 1 aromatic heterocycles.